The molecule has 7 heteroatoms. The number of hydrogen-bond donors (Lipinski definition) is 2. The lowest BCUT2D eigenvalue weighted by atomic mass is 10.1. The van der Waals surface area contributed by atoms with Gasteiger partial charge in [0.05, 0.1) is 4.90 Å². The zero-order valence-electron chi connectivity index (χ0n) is 12.5. The number of nitrogens with zero attached hydrogens (tertiary/aromatic N) is 1. The lowest BCUT2D eigenvalue weighted by Gasteiger charge is -2.37. The third-order valence-electron chi connectivity index (χ3n) is 3.76. The van der Waals surface area contributed by atoms with Gasteiger partial charge in [-0.25, -0.2) is 8.42 Å². The van der Waals surface area contributed by atoms with Crippen LogP contribution < -0.4 is 10.6 Å². The van der Waals surface area contributed by atoms with Crippen molar-refractivity contribution in [2.75, 3.05) is 18.4 Å². The molecule has 1 aromatic rings. The second-order valence-corrected chi connectivity index (χ2v) is 7.20. The summed E-state index contributed by atoms with van der Waals surface area (Å²) < 4.78 is 26.9. The minimum absolute atomic E-state index is 0.0984. The SMILES string of the molecule is CC(=O)Nc1ccc(S(=O)(=O)N2CCNC(C)C2C)cc1. The predicted octanol–water partition coefficient (Wildman–Crippen LogP) is 1.02. The Morgan fingerprint density at radius 2 is 1.90 bits per heavy atom. The number of amides is 1. The summed E-state index contributed by atoms with van der Waals surface area (Å²) >= 11 is 0. The van der Waals surface area contributed by atoms with Crippen LogP contribution in [0.5, 0.6) is 0 Å². The lowest BCUT2D eigenvalue weighted by Crippen LogP contribution is -2.57. The number of carbonyl (C=O) groups is 1. The van der Waals surface area contributed by atoms with Crippen molar-refractivity contribution in [3.63, 3.8) is 0 Å². The molecule has 1 aliphatic heterocycles. The third kappa shape index (κ3) is 3.42. The first-order chi connectivity index (χ1) is 9.82. The Labute approximate surface area is 125 Å². The fraction of sp³-hybridized carbons (Fsp3) is 0.500. The van der Waals surface area contributed by atoms with Gasteiger partial charge in [-0.3, -0.25) is 4.79 Å². The Kier molecular flexibility index (Phi) is 4.65. The van der Waals surface area contributed by atoms with Gasteiger partial charge in [0, 0.05) is 37.8 Å². The van der Waals surface area contributed by atoms with Crippen LogP contribution in [0.1, 0.15) is 20.8 Å². The summed E-state index contributed by atoms with van der Waals surface area (Å²) in [5, 5.41) is 5.88. The molecular formula is C14H21N3O3S. The van der Waals surface area contributed by atoms with E-state index in [9.17, 15) is 13.2 Å². The summed E-state index contributed by atoms with van der Waals surface area (Å²) in [6.07, 6.45) is 0. The van der Waals surface area contributed by atoms with Gasteiger partial charge in [-0.2, -0.15) is 4.31 Å². The zero-order valence-corrected chi connectivity index (χ0v) is 13.3. The smallest absolute Gasteiger partial charge is 0.243 e. The molecule has 1 aliphatic rings. The van der Waals surface area contributed by atoms with Crippen LogP contribution in [0.2, 0.25) is 0 Å². The molecule has 1 heterocycles. The average Bonchev–Trinajstić information content (AvgIpc) is 2.41. The van der Waals surface area contributed by atoms with Crippen molar-refractivity contribution in [1.82, 2.24) is 9.62 Å². The average molecular weight is 311 g/mol. The van der Waals surface area contributed by atoms with E-state index in [2.05, 4.69) is 10.6 Å². The van der Waals surface area contributed by atoms with Gasteiger partial charge in [-0.15, -0.1) is 0 Å². The maximum absolute atomic E-state index is 12.7. The number of benzene rings is 1. The molecule has 0 aromatic heterocycles. The van der Waals surface area contributed by atoms with Crippen LogP contribution in [0.4, 0.5) is 5.69 Å². The molecule has 0 saturated carbocycles. The Morgan fingerprint density at radius 3 is 2.48 bits per heavy atom. The Morgan fingerprint density at radius 1 is 1.29 bits per heavy atom. The molecule has 0 aliphatic carbocycles. The van der Waals surface area contributed by atoms with E-state index < -0.39 is 10.0 Å². The van der Waals surface area contributed by atoms with Gasteiger partial charge in [0.15, 0.2) is 0 Å². The molecule has 1 fully saturated rings. The summed E-state index contributed by atoms with van der Waals surface area (Å²) in [6.45, 7) is 6.40. The molecule has 2 atom stereocenters. The zero-order chi connectivity index (χ0) is 15.6. The second kappa shape index (κ2) is 6.13. The predicted molar refractivity (Wildman–Crippen MR) is 81.6 cm³/mol. The van der Waals surface area contributed by atoms with Crippen LogP contribution in [-0.2, 0) is 14.8 Å². The third-order valence-corrected chi connectivity index (χ3v) is 5.76. The first-order valence-corrected chi connectivity index (χ1v) is 8.39. The monoisotopic (exact) mass is 311 g/mol. The summed E-state index contributed by atoms with van der Waals surface area (Å²) in [4.78, 5) is 11.2. The van der Waals surface area contributed by atoms with E-state index in [0.29, 0.717) is 18.8 Å². The Bertz CT molecular complexity index is 613. The molecule has 21 heavy (non-hydrogen) atoms. The fourth-order valence-corrected chi connectivity index (χ4v) is 4.12. The van der Waals surface area contributed by atoms with Crippen molar-refractivity contribution in [2.45, 2.75) is 37.8 Å². The van der Waals surface area contributed by atoms with E-state index in [1.807, 2.05) is 13.8 Å². The molecule has 1 amide bonds. The second-order valence-electron chi connectivity index (χ2n) is 5.30. The molecule has 0 radical (unpaired) electrons. The van der Waals surface area contributed by atoms with Crippen molar-refractivity contribution >= 4 is 21.6 Å². The summed E-state index contributed by atoms with van der Waals surface area (Å²) in [5.41, 5.74) is 0.586. The molecule has 2 rings (SSSR count). The van der Waals surface area contributed by atoms with E-state index in [0.717, 1.165) is 0 Å². The van der Waals surface area contributed by atoms with Crippen LogP contribution >= 0.6 is 0 Å². The highest BCUT2D eigenvalue weighted by Crippen LogP contribution is 2.22. The maximum atomic E-state index is 12.7. The lowest BCUT2D eigenvalue weighted by molar-refractivity contribution is -0.114. The first kappa shape index (κ1) is 15.9. The topological polar surface area (TPSA) is 78.5 Å². The standard InChI is InChI=1S/C14H21N3O3S/c1-10-11(2)17(9-8-15-10)21(19,20)14-6-4-13(5-7-14)16-12(3)18/h4-7,10-11,15H,8-9H2,1-3H3,(H,16,18). The van der Waals surface area contributed by atoms with E-state index >= 15 is 0 Å². The normalized spacial score (nSPS) is 23.8. The highest BCUT2D eigenvalue weighted by atomic mass is 32.2. The number of hydrogen-bond acceptors (Lipinski definition) is 4. The summed E-state index contributed by atoms with van der Waals surface area (Å²) in [7, 11) is -3.51. The minimum atomic E-state index is -3.51. The van der Waals surface area contributed by atoms with Crippen LogP contribution in [0.25, 0.3) is 0 Å². The quantitative estimate of drug-likeness (QED) is 0.873. The van der Waals surface area contributed by atoms with Gasteiger partial charge in [-0.05, 0) is 38.1 Å². The van der Waals surface area contributed by atoms with E-state index in [-0.39, 0.29) is 22.9 Å². The molecule has 116 valence electrons. The van der Waals surface area contributed by atoms with Gasteiger partial charge >= 0.3 is 0 Å². The Hall–Kier alpha value is -1.44. The van der Waals surface area contributed by atoms with Crippen LogP contribution in [0.3, 0.4) is 0 Å². The number of nitrogens with one attached hydrogen (secondary N) is 2. The molecule has 0 spiro atoms. The van der Waals surface area contributed by atoms with E-state index in [4.69, 9.17) is 0 Å². The van der Waals surface area contributed by atoms with Crippen LogP contribution in [-0.4, -0.2) is 43.8 Å². The summed E-state index contributed by atoms with van der Waals surface area (Å²) in [5.74, 6) is -0.185. The first-order valence-electron chi connectivity index (χ1n) is 6.95. The van der Waals surface area contributed by atoms with Crippen LogP contribution in [0, 0.1) is 0 Å². The molecule has 0 bridgehead atoms. The summed E-state index contributed by atoms with van der Waals surface area (Å²) in [6, 6.07) is 6.28. The number of rotatable bonds is 3. The van der Waals surface area contributed by atoms with E-state index in [1.165, 1.54) is 23.4 Å². The highest BCUT2D eigenvalue weighted by molar-refractivity contribution is 7.89. The van der Waals surface area contributed by atoms with Gasteiger partial charge in [-0.1, -0.05) is 0 Å². The largest absolute Gasteiger partial charge is 0.326 e. The number of piperazine rings is 1. The van der Waals surface area contributed by atoms with Crippen molar-refractivity contribution in [3.05, 3.63) is 24.3 Å². The van der Waals surface area contributed by atoms with Gasteiger partial charge < -0.3 is 10.6 Å². The minimum Gasteiger partial charge on any atom is -0.326 e. The highest BCUT2D eigenvalue weighted by Gasteiger charge is 2.34. The van der Waals surface area contributed by atoms with Gasteiger partial charge in [0.2, 0.25) is 15.9 Å². The van der Waals surface area contributed by atoms with Crippen molar-refractivity contribution < 1.29 is 13.2 Å². The number of carbonyl (C=O) groups excluding carboxylic acids is 1. The van der Waals surface area contributed by atoms with Gasteiger partial charge in [0.25, 0.3) is 0 Å². The maximum Gasteiger partial charge on any atom is 0.243 e. The molecule has 6 nitrogen and oxygen atoms in total. The molecular weight excluding hydrogens is 290 g/mol. The molecule has 1 saturated heterocycles. The molecule has 2 N–H and O–H groups in total. The van der Waals surface area contributed by atoms with Gasteiger partial charge in [0.1, 0.15) is 0 Å². The van der Waals surface area contributed by atoms with E-state index in [1.54, 1.807) is 12.1 Å². The fourth-order valence-electron chi connectivity index (χ4n) is 2.41. The van der Waals surface area contributed by atoms with Crippen LogP contribution in [0.15, 0.2) is 29.2 Å². The van der Waals surface area contributed by atoms with Crippen molar-refractivity contribution in [2.24, 2.45) is 0 Å². The number of anilines is 1. The molecule has 1 aromatic carbocycles. The van der Waals surface area contributed by atoms with Crippen molar-refractivity contribution in [1.29, 1.82) is 0 Å². The molecule has 2 unspecified atom stereocenters. The number of sulfonamides is 1. The van der Waals surface area contributed by atoms with Crippen molar-refractivity contribution in [3.8, 4) is 0 Å². The Balaban J connectivity index is 2.25.